The minimum Gasteiger partial charge on any atom is -0.512 e. The number of ketones is 1. The number of aliphatic hydroxyl groups excluding tert-OH is 1. The van der Waals surface area contributed by atoms with Crippen LogP contribution in [0.15, 0.2) is 85.0 Å². The van der Waals surface area contributed by atoms with E-state index in [1.54, 1.807) is 18.6 Å². The molecule has 0 saturated heterocycles. The number of hydrogen-bond acceptors (Lipinski definition) is 6. The van der Waals surface area contributed by atoms with Crippen molar-refractivity contribution in [1.29, 1.82) is 0 Å². The van der Waals surface area contributed by atoms with Crippen LogP contribution in [-0.2, 0) is 24.9 Å². The molecule has 2 aliphatic rings. The van der Waals surface area contributed by atoms with Gasteiger partial charge >= 0.3 is 0 Å². The van der Waals surface area contributed by atoms with Gasteiger partial charge in [-0.2, -0.15) is 0 Å². The van der Waals surface area contributed by atoms with E-state index in [0.29, 0.717) is 0 Å². The number of aromatic nitrogens is 2. The van der Waals surface area contributed by atoms with Crippen molar-refractivity contribution in [2.24, 2.45) is 0 Å². The van der Waals surface area contributed by atoms with Crippen LogP contribution in [0, 0.1) is 6.07 Å². The van der Waals surface area contributed by atoms with Gasteiger partial charge in [0.15, 0.2) is 12.5 Å². The molecule has 2 aliphatic heterocycles. The molecule has 1 aromatic heterocycles. The van der Waals surface area contributed by atoms with Gasteiger partial charge in [0.1, 0.15) is 0 Å². The van der Waals surface area contributed by atoms with Crippen molar-refractivity contribution >= 4 is 51.6 Å². The van der Waals surface area contributed by atoms with Crippen LogP contribution in [0.5, 0.6) is 0 Å². The Labute approximate surface area is 231 Å². The maximum absolute atomic E-state index is 10.0. The molecule has 37 heavy (non-hydrogen) atoms. The van der Waals surface area contributed by atoms with Gasteiger partial charge in [-0.3, -0.25) is 9.78 Å². The van der Waals surface area contributed by atoms with Crippen molar-refractivity contribution in [2.45, 2.75) is 13.8 Å². The fraction of sp³-hybridized carbons (Fsp3) is 0.138. The third kappa shape index (κ3) is 4.82. The van der Waals surface area contributed by atoms with E-state index in [2.05, 4.69) is 94.5 Å². The summed E-state index contributed by atoms with van der Waals surface area (Å²) in [6, 6.07) is 23.3. The Morgan fingerprint density at radius 3 is 2.11 bits per heavy atom. The van der Waals surface area contributed by atoms with Crippen molar-refractivity contribution in [3.63, 3.8) is 0 Å². The molecule has 0 spiro atoms. The van der Waals surface area contributed by atoms with E-state index >= 15 is 0 Å². The van der Waals surface area contributed by atoms with Gasteiger partial charge in [0.05, 0.1) is 5.76 Å². The zero-order chi connectivity index (χ0) is 25.4. The van der Waals surface area contributed by atoms with Crippen molar-refractivity contribution < 1.29 is 30.0 Å². The van der Waals surface area contributed by atoms with E-state index < -0.39 is 0 Å². The summed E-state index contributed by atoms with van der Waals surface area (Å²) in [6.07, 6.45) is 6.40. The maximum atomic E-state index is 10.0. The van der Waals surface area contributed by atoms with E-state index in [1.807, 2.05) is 0 Å². The minimum absolute atomic E-state index is 0. The molecule has 0 bridgehead atoms. The van der Waals surface area contributed by atoms with E-state index in [0.717, 1.165) is 16.9 Å². The molecule has 187 valence electrons. The molecule has 0 unspecified atom stereocenters. The molecule has 3 aromatic carbocycles. The Bertz CT molecular complexity index is 1410. The average molecular weight is 666 g/mol. The normalized spacial score (nSPS) is 12.9. The summed E-state index contributed by atoms with van der Waals surface area (Å²) in [7, 11) is 4.27. The predicted molar refractivity (Wildman–Crippen MR) is 147 cm³/mol. The molecule has 8 heteroatoms. The van der Waals surface area contributed by atoms with Crippen molar-refractivity contribution in [1.82, 2.24) is 9.97 Å². The number of anilines is 4. The molecule has 6 nitrogen and oxygen atoms in total. The maximum Gasteiger partial charge on any atom is 0.200 e. The second-order valence-electron chi connectivity index (χ2n) is 8.99. The van der Waals surface area contributed by atoms with Gasteiger partial charge in [0, 0.05) is 75.9 Å². The summed E-state index contributed by atoms with van der Waals surface area (Å²) in [5.74, 6) is -0.0625. The number of carbonyl (C=O) groups excluding carboxylic acids is 1. The second-order valence-corrected chi connectivity index (χ2v) is 8.99. The molecule has 0 saturated carbocycles. The van der Waals surface area contributed by atoms with Crippen molar-refractivity contribution in [3.8, 4) is 11.3 Å². The van der Waals surface area contributed by atoms with Gasteiger partial charge in [-0.25, -0.2) is 0 Å². The van der Waals surface area contributed by atoms with Gasteiger partial charge in [-0.15, -0.1) is 17.7 Å². The number of para-hydroxylation sites is 2. The first-order valence-corrected chi connectivity index (χ1v) is 11.8. The molecule has 0 aliphatic carbocycles. The van der Waals surface area contributed by atoms with Crippen LogP contribution < -0.4 is 26.2 Å². The van der Waals surface area contributed by atoms with E-state index in [-0.39, 0.29) is 38.4 Å². The number of nitrogens with zero attached hydrogens (tertiary/aromatic N) is 4. The number of rotatable bonds is 2. The van der Waals surface area contributed by atoms with Crippen LogP contribution in [0.3, 0.4) is 0 Å². The molecule has 0 fully saturated rings. The van der Waals surface area contributed by atoms with Crippen LogP contribution in [0.1, 0.15) is 13.8 Å². The Kier molecular flexibility index (Phi) is 7.62. The fourth-order valence-electron chi connectivity index (χ4n) is 5.07. The summed E-state index contributed by atoms with van der Waals surface area (Å²) in [5.41, 5.74) is 10.5. The van der Waals surface area contributed by atoms with Crippen LogP contribution in [-0.4, -0.2) is 41.7 Å². The third-order valence-corrected chi connectivity index (χ3v) is 6.52. The summed E-state index contributed by atoms with van der Waals surface area (Å²) < 4.78 is 0. The molecule has 4 aromatic rings. The minimum atomic E-state index is -0.125. The Hall–Kier alpha value is -3.74. The van der Waals surface area contributed by atoms with Crippen molar-refractivity contribution in [3.05, 3.63) is 91.1 Å². The van der Waals surface area contributed by atoms with Gasteiger partial charge in [0.2, 0.25) is 0 Å². The number of allylic oxidation sites excluding steroid dienone is 2. The monoisotopic (exact) mass is 666 g/mol. The number of benzene rings is 3. The quantitative estimate of drug-likeness (QED) is 0.153. The van der Waals surface area contributed by atoms with Crippen LogP contribution in [0.25, 0.3) is 11.3 Å². The van der Waals surface area contributed by atoms with E-state index in [9.17, 15) is 4.79 Å². The van der Waals surface area contributed by atoms with Gasteiger partial charge in [0.25, 0.3) is 0 Å². The standard InChI is InChI=1S/C24H18BN4.C5H8O2.Ir/c1-28-20-9-5-3-7-17(20)25-18-8-4-6-10-21(18)29(2)23-14-16(13-22(28)24(23)25)19-15-26-11-12-27-19;1-4(6)3-5(2)7;/h3-13,15H,1-2H3;3,6H,1-2H3;/q-1;;/b;4-3-;. The van der Waals surface area contributed by atoms with Crippen LogP contribution in [0.2, 0.25) is 0 Å². The van der Waals surface area contributed by atoms with Crippen LogP contribution in [0.4, 0.5) is 22.7 Å². The number of hydrogen-bond donors (Lipinski definition) is 1. The fourth-order valence-corrected chi connectivity index (χ4v) is 5.07. The Morgan fingerprint density at radius 2 is 1.57 bits per heavy atom. The number of aliphatic hydroxyl groups is 1. The van der Waals surface area contributed by atoms with E-state index in [1.165, 1.54) is 53.4 Å². The Morgan fingerprint density at radius 1 is 0.946 bits per heavy atom. The predicted octanol–water partition coefficient (Wildman–Crippen LogP) is 3.66. The second kappa shape index (κ2) is 10.7. The molecule has 0 atom stereocenters. The first-order valence-electron chi connectivity index (χ1n) is 11.8. The molecular formula is C29H26BIrN4O2-. The third-order valence-electron chi connectivity index (χ3n) is 6.52. The van der Waals surface area contributed by atoms with Crippen molar-refractivity contribution in [2.75, 3.05) is 23.9 Å². The summed E-state index contributed by atoms with van der Waals surface area (Å²) in [6.45, 7) is 3.05. The number of fused-ring (bicyclic) bond motifs is 4. The average Bonchev–Trinajstić information content (AvgIpc) is 2.88. The smallest absolute Gasteiger partial charge is 0.200 e. The summed E-state index contributed by atoms with van der Waals surface area (Å²) in [5, 5.41) is 8.36. The first-order chi connectivity index (χ1) is 17.4. The first kappa shape index (κ1) is 26.3. The SMILES string of the molecule is CC(=O)/C=C(/C)O.CN1c2[c-]c(-c3cnccn3)cc3c2B(c2ccccc21)c1ccccc1N3C.[Ir]. The topological polar surface area (TPSA) is 69.6 Å². The molecule has 6 rings (SSSR count). The largest absolute Gasteiger partial charge is 0.512 e. The van der Waals surface area contributed by atoms with E-state index in [4.69, 9.17) is 5.11 Å². The number of carbonyl (C=O) groups is 1. The molecule has 3 heterocycles. The zero-order valence-corrected chi connectivity index (χ0v) is 23.5. The van der Waals surface area contributed by atoms with Gasteiger partial charge < -0.3 is 19.9 Å². The zero-order valence-electron chi connectivity index (χ0n) is 21.1. The molecule has 1 radical (unpaired) electrons. The molecule has 0 amide bonds. The molecular weight excluding hydrogens is 639 g/mol. The Balaban J connectivity index is 0.000000356. The summed E-state index contributed by atoms with van der Waals surface area (Å²) in [4.78, 5) is 23.3. The van der Waals surface area contributed by atoms with Crippen LogP contribution >= 0.6 is 0 Å². The summed E-state index contributed by atoms with van der Waals surface area (Å²) >= 11 is 0. The van der Waals surface area contributed by atoms with Gasteiger partial charge in [-0.1, -0.05) is 52.8 Å². The van der Waals surface area contributed by atoms with Gasteiger partial charge in [-0.05, 0) is 37.4 Å². The molecule has 1 N–H and O–H groups in total.